The molecule has 0 spiro atoms. The van der Waals surface area contributed by atoms with Crippen molar-refractivity contribution < 1.29 is 18.2 Å². The van der Waals surface area contributed by atoms with Gasteiger partial charge in [0.25, 0.3) is 5.89 Å². The largest absolute Gasteiger partial charge is 0.339 e. The zero-order valence-electron chi connectivity index (χ0n) is 24.0. The molecule has 8 nitrogen and oxygen atoms in total. The number of halogens is 1. The zero-order valence-corrected chi connectivity index (χ0v) is 24.0. The minimum atomic E-state index is -1.01. The zero-order chi connectivity index (χ0) is 28.0. The summed E-state index contributed by atoms with van der Waals surface area (Å²) in [6.45, 7) is 4.82. The molecule has 0 aliphatic heterocycles. The van der Waals surface area contributed by atoms with E-state index in [2.05, 4.69) is 29.1 Å². The van der Waals surface area contributed by atoms with E-state index in [-0.39, 0.29) is 28.1 Å². The summed E-state index contributed by atoms with van der Waals surface area (Å²) in [6.07, 6.45) is 10.3. The molecule has 7 fully saturated rings. The molecule has 1 aromatic carbocycles. The maximum atomic E-state index is 14.3. The van der Waals surface area contributed by atoms with Gasteiger partial charge in [0.15, 0.2) is 11.6 Å². The van der Waals surface area contributed by atoms with Crippen LogP contribution in [0.15, 0.2) is 33.3 Å². The molecule has 2 aromatic heterocycles. The minimum absolute atomic E-state index is 0.0222. The number of hydrogen-bond acceptors (Lipinski definition) is 7. The molecular formula is C32H38FN5O3. The van der Waals surface area contributed by atoms with Gasteiger partial charge in [-0.05, 0) is 99.7 Å². The van der Waals surface area contributed by atoms with Gasteiger partial charge in [0, 0.05) is 41.5 Å². The van der Waals surface area contributed by atoms with Crippen LogP contribution in [0.4, 0.5) is 10.1 Å². The Kier molecular flexibility index (Phi) is 5.44. The molecule has 9 heteroatoms. The molecule has 216 valence electrons. The molecule has 0 atom stereocenters. The van der Waals surface area contributed by atoms with Crippen molar-refractivity contribution in [2.75, 3.05) is 11.4 Å². The molecular weight excluding hydrogens is 521 g/mol. The predicted octanol–water partition coefficient (Wildman–Crippen LogP) is 7.03. The lowest BCUT2D eigenvalue weighted by molar-refractivity contribution is -0.215. The van der Waals surface area contributed by atoms with Crippen LogP contribution in [0, 0.1) is 10.8 Å². The highest BCUT2D eigenvalue weighted by Crippen LogP contribution is 2.71. The van der Waals surface area contributed by atoms with E-state index in [4.69, 9.17) is 14.0 Å². The highest BCUT2D eigenvalue weighted by Gasteiger charge is 2.69. The topological polar surface area (TPSA) is 98.2 Å². The van der Waals surface area contributed by atoms with E-state index >= 15 is 0 Å². The second kappa shape index (κ2) is 8.71. The van der Waals surface area contributed by atoms with Gasteiger partial charge in [-0.25, -0.2) is 4.39 Å². The van der Waals surface area contributed by atoms with Crippen LogP contribution in [0.1, 0.15) is 120 Å². The number of anilines is 1. The highest BCUT2D eigenvalue weighted by atomic mass is 19.1. The van der Waals surface area contributed by atoms with Crippen LogP contribution < -0.4 is 4.90 Å². The Morgan fingerprint density at radius 3 is 2.37 bits per heavy atom. The number of alkyl halides is 1. The predicted molar refractivity (Wildman–Crippen MR) is 149 cm³/mol. The molecule has 10 rings (SSSR count). The molecule has 0 radical (unpaired) electrons. The Bertz CT molecular complexity index is 1460. The Morgan fingerprint density at radius 1 is 1.00 bits per heavy atom. The van der Waals surface area contributed by atoms with E-state index in [1.807, 2.05) is 29.2 Å². The summed E-state index contributed by atoms with van der Waals surface area (Å²) in [6, 6.07) is 7.96. The monoisotopic (exact) mass is 559 g/mol. The van der Waals surface area contributed by atoms with Gasteiger partial charge in [-0.15, -0.1) is 0 Å². The van der Waals surface area contributed by atoms with Crippen LogP contribution in [0.5, 0.6) is 0 Å². The molecule has 7 aliphatic rings. The second-order valence-electron chi connectivity index (χ2n) is 14.5. The first-order valence-corrected chi connectivity index (χ1v) is 15.4. The quantitative estimate of drug-likeness (QED) is 0.278. The lowest BCUT2D eigenvalue weighted by Crippen LogP contribution is -2.65. The van der Waals surface area contributed by atoms with Crippen LogP contribution in [0.25, 0.3) is 11.5 Å². The summed E-state index contributed by atoms with van der Waals surface area (Å²) in [4.78, 5) is 25.5. The standard InChI is InChI=1S/C32H38FN5O3/c1-20(2)26-35-28(37-40-26)31-11-8-29(9-12-31,10-13-31)19-38(24(39)15-30-16-32(33,17-30)18-30)23-5-3-4-22(14-23)27-34-25(36-41-27)21-6-7-21/h3-5,14,20-21H,6-13,15-19H2,1-2H3. The fourth-order valence-corrected chi connectivity index (χ4v) is 8.31. The maximum absolute atomic E-state index is 14.3. The fraction of sp³-hybridized carbons (Fsp3) is 0.656. The summed E-state index contributed by atoms with van der Waals surface area (Å²) in [5.41, 5.74) is 0.549. The van der Waals surface area contributed by atoms with E-state index in [0.717, 1.165) is 74.3 Å². The molecule has 41 heavy (non-hydrogen) atoms. The van der Waals surface area contributed by atoms with Crippen molar-refractivity contribution in [1.82, 2.24) is 20.3 Å². The number of aromatic nitrogens is 4. The number of amides is 1. The van der Waals surface area contributed by atoms with Gasteiger partial charge < -0.3 is 13.9 Å². The minimum Gasteiger partial charge on any atom is -0.339 e. The van der Waals surface area contributed by atoms with E-state index < -0.39 is 5.67 Å². The highest BCUT2D eigenvalue weighted by molar-refractivity contribution is 5.94. The van der Waals surface area contributed by atoms with Crippen LogP contribution in [-0.2, 0) is 10.2 Å². The first kappa shape index (κ1) is 25.6. The van der Waals surface area contributed by atoms with Gasteiger partial charge >= 0.3 is 0 Å². The van der Waals surface area contributed by atoms with E-state index in [0.29, 0.717) is 49.9 Å². The summed E-state index contributed by atoms with van der Waals surface area (Å²) >= 11 is 0. The van der Waals surface area contributed by atoms with Crippen LogP contribution >= 0.6 is 0 Å². The van der Waals surface area contributed by atoms with Crippen molar-refractivity contribution in [2.45, 2.75) is 114 Å². The molecule has 0 N–H and O–H groups in total. The SMILES string of the molecule is CC(C)c1nc(C23CCC(CN(C(=O)CC45CC(F)(C4)C5)c4cccc(-c5nc(C6CC6)no5)c4)(CC2)CC3)no1. The Balaban J connectivity index is 1.05. The Morgan fingerprint density at radius 2 is 1.73 bits per heavy atom. The number of fused-ring (bicyclic) bond motifs is 3. The van der Waals surface area contributed by atoms with Gasteiger partial charge in [0.1, 0.15) is 5.67 Å². The third kappa shape index (κ3) is 4.24. The fourth-order valence-electron chi connectivity index (χ4n) is 8.31. The molecule has 0 unspecified atom stereocenters. The molecule has 4 bridgehead atoms. The maximum Gasteiger partial charge on any atom is 0.258 e. The van der Waals surface area contributed by atoms with Crippen molar-refractivity contribution in [3.05, 3.63) is 41.8 Å². The average molecular weight is 560 g/mol. The summed E-state index contributed by atoms with van der Waals surface area (Å²) in [7, 11) is 0. The summed E-state index contributed by atoms with van der Waals surface area (Å²) < 4.78 is 25.5. The third-order valence-electron chi connectivity index (χ3n) is 11.0. The number of nitrogens with zero attached hydrogens (tertiary/aromatic N) is 5. The normalized spacial score (nSPS) is 33.5. The Hall–Kier alpha value is -3.10. The molecule has 1 amide bonds. The average Bonchev–Trinajstić information content (AvgIpc) is 3.44. The summed E-state index contributed by atoms with van der Waals surface area (Å²) in [5, 5.41) is 8.60. The smallest absolute Gasteiger partial charge is 0.258 e. The van der Waals surface area contributed by atoms with E-state index in [1.165, 1.54) is 0 Å². The molecule has 3 aromatic rings. The van der Waals surface area contributed by atoms with Crippen molar-refractivity contribution in [1.29, 1.82) is 0 Å². The van der Waals surface area contributed by atoms with E-state index in [9.17, 15) is 9.18 Å². The molecule has 7 aliphatic carbocycles. The van der Waals surface area contributed by atoms with Crippen molar-refractivity contribution in [3.63, 3.8) is 0 Å². The van der Waals surface area contributed by atoms with Crippen molar-refractivity contribution in [3.8, 4) is 11.5 Å². The van der Waals surface area contributed by atoms with Crippen LogP contribution in [0.2, 0.25) is 0 Å². The number of carbonyl (C=O) groups excluding carboxylic acids is 1. The number of carbonyl (C=O) groups is 1. The van der Waals surface area contributed by atoms with Gasteiger partial charge in [0.05, 0.1) is 0 Å². The van der Waals surface area contributed by atoms with Gasteiger partial charge in [-0.3, -0.25) is 4.79 Å². The first-order valence-electron chi connectivity index (χ1n) is 15.4. The number of benzene rings is 1. The van der Waals surface area contributed by atoms with Crippen LogP contribution in [0.3, 0.4) is 0 Å². The van der Waals surface area contributed by atoms with E-state index in [1.54, 1.807) is 0 Å². The molecule has 7 saturated carbocycles. The van der Waals surface area contributed by atoms with Gasteiger partial charge in [-0.2, -0.15) is 9.97 Å². The molecule has 2 heterocycles. The van der Waals surface area contributed by atoms with Gasteiger partial charge in [-0.1, -0.05) is 30.2 Å². The summed E-state index contributed by atoms with van der Waals surface area (Å²) in [5.74, 6) is 3.58. The lowest BCUT2D eigenvalue weighted by Gasteiger charge is -2.66. The van der Waals surface area contributed by atoms with Gasteiger partial charge in [0.2, 0.25) is 11.8 Å². The number of rotatable bonds is 9. The molecule has 0 saturated heterocycles. The second-order valence-corrected chi connectivity index (χ2v) is 14.5. The Labute approximate surface area is 239 Å². The number of hydrogen-bond donors (Lipinski definition) is 0. The van der Waals surface area contributed by atoms with Crippen molar-refractivity contribution in [2.24, 2.45) is 10.8 Å². The lowest BCUT2D eigenvalue weighted by atomic mass is 9.41. The van der Waals surface area contributed by atoms with Crippen molar-refractivity contribution >= 4 is 11.6 Å². The van der Waals surface area contributed by atoms with Crippen LogP contribution in [-0.4, -0.2) is 38.4 Å². The third-order valence-corrected chi connectivity index (χ3v) is 11.0. The first-order chi connectivity index (χ1) is 19.7.